The van der Waals surface area contributed by atoms with E-state index in [0.29, 0.717) is 34.8 Å². The lowest BCUT2D eigenvalue weighted by Crippen LogP contribution is -2.37. The lowest BCUT2D eigenvalue weighted by molar-refractivity contribution is -0.136. The van der Waals surface area contributed by atoms with E-state index in [9.17, 15) is 9.59 Å². The third kappa shape index (κ3) is 7.80. The molecular weight excluding hydrogens is 567 g/mol. The topological polar surface area (TPSA) is 111 Å². The van der Waals surface area contributed by atoms with Gasteiger partial charge in [0.05, 0.1) is 38.5 Å². The van der Waals surface area contributed by atoms with E-state index in [1.807, 2.05) is 30.3 Å². The van der Waals surface area contributed by atoms with Gasteiger partial charge in [0.1, 0.15) is 5.75 Å². The van der Waals surface area contributed by atoms with Gasteiger partial charge in [-0.3, -0.25) is 19.5 Å². The molecule has 2 N–H and O–H groups in total. The highest BCUT2D eigenvalue weighted by Gasteiger charge is 2.19. The van der Waals surface area contributed by atoms with Gasteiger partial charge < -0.3 is 29.6 Å². The number of fused-ring (bicyclic) bond motifs is 1. The minimum Gasteiger partial charge on any atom is -0.493 e. The molecule has 3 aromatic carbocycles. The van der Waals surface area contributed by atoms with E-state index < -0.39 is 17.6 Å². The molecule has 1 unspecified atom stereocenters. The number of rotatable bonds is 11. The Bertz CT molecular complexity index is 1600. The first kappa shape index (κ1) is 30.7. The van der Waals surface area contributed by atoms with Crippen molar-refractivity contribution in [2.45, 2.75) is 19.4 Å². The number of amides is 2. The Balaban J connectivity index is 1.22. The van der Waals surface area contributed by atoms with Gasteiger partial charge in [-0.05, 0) is 43.2 Å². The van der Waals surface area contributed by atoms with Crippen LogP contribution in [0.25, 0.3) is 10.9 Å². The minimum atomic E-state index is -0.910. The normalized spacial score (nSPS) is 14.1. The average molecular weight is 603 g/mol. The molecule has 10 nitrogen and oxygen atoms in total. The molecule has 2 amide bonds. The molecule has 1 aliphatic rings. The highest BCUT2D eigenvalue weighted by molar-refractivity contribution is 6.39. The highest BCUT2D eigenvalue weighted by atomic mass is 19.1. The molecule has 5 rings (SSSR count). The van der Waals surface area contributed by atoms with E-state index in [-0.39, 0.29) is 17.5 Å². The molecule has 230 valence electrons. The maximum atomic E-state index is 15.1. The number of nitrogens with one attached hydrogen (secondary N) is 2. The number of nitrogens with zero attached hydrogens (tertiary/aromatic N) is 2. The van der Waals surface area contributed by atoms with Crippen LogP contribution in [0.15, 0.2) is 72.9 Å². The Morgan fingerprint density at radius 2 is 1.77 bits per heavy atom. The number of benzene rings is 3. The number of morpholine rings is 1. The number of hydrogen-bond donors (Lipinski definition) is 2. The van der Waals surface area contributed by atoms with Crippen molar-refractivity contribution in [3.63, 3.8) is 0 Å². The molecule has 4 aromatic rings. The van der Waals surface area contributed by atoms with Crippen LogP contribution in [0.3, 0.4) is 0 Å². The van der Waals surface area contributed by atoms with E-state index in [0.717, 1.165) is 50.9 Å². The fourth-order valence-corrected chi connectivity index (χ4v) is 4.84. The minimum absolute atomic E-state index is 0.0694. The van der Waals surface area contributed by atoms with Crippen LogP contribution in [0.2, 0.25) is 0 Å². The predicted molar refractivity (Wildman–Crippen MR) is 164 cm³/mol. The number of pyridine rings is 1. The molecule has 0 bridgehead atoms. The summed E-state index contributed by atoms with van der Waals surface area (Å²) in [6, 6.07) is 17.9. The molecule has 1 saturated heterocycles. The summed E-state index contributed by atoms with van der Waals surface area (Å²) in [5, 5.41) is 5.66. The van der Waals surface area contributed by atoms with E-state index in [1.165, 1.54) is 12.1 Å². The third-order valence-electron chi connectivity index (χ3n) is 7.23. The summed E-state index contributed by atoms with van der Waals surface area (Å²) in [6.45, 7) is 6.57. The van der Waals surface area contributed by atoms with Gasteiger partial charge in [-0.25, -0.2) is 4.39 Å². The second-order valence-electron chi connectivity index (χ2n) is 10.3. The van der Waals surface area contributed by atoms with Gasteiger partial charge in [-0.2, -0.15) is 0 Å². The van der Waals surface area contributed by atoms with Gasteiger partial charge in [0.15, 0.2) is 23.1 Å². The number of methoxy groups -OCH3 is 1. The van der Waals surface area contributed by atoms with Gasteiger partial charge in [0.25, 0.3) is 0 Å². The highest BCUT2D eigenvalue weighted by Crippen LogP contribution is 2.38. The monoisotopic (exact) mass is 602 g/mol. The summed E-state index contributed by atoms with van der Waals surface area (Å²) >= 11 is 0. The zero-order chi connectivity index (χ0) is 30.9. The third-order valence-corrected chi connectivity index (χ3v) is 7.23. The molecule has 0 aliphatic carbocycles. The molecule has 1 aromatic heterocycles. The molecule has 1 aliphatic heterocycles. The Labute approximate surface area is 255 Å². The number of aromatic nitrogens is 1. The zero-order valence-corrected chi connectivity index (χ0v) is 24.7. The number of halogens is 1. The Hall–Kier alpha value is -4.74. The number of carbonyl (C=O) groups excluding carboxylic acids is 2. The molecule has 1 atom stereocenters. The van der Waals surface area contributed by atoms with Gasteiger partial charge in [0.2, 0.25) is 0 Å². The molecule has 44 heavy (non-hydrogen) atoms. The number of anilines is 1. The lowest BCUT2D eigenvalue weighted by atomic mass is 10.1. The number of carbonyl (C=O) groups is 2. The van der Waals surface area contributed by atoms with E-state index in [4.69, 9.17) is 18.9 Å². The second-order valence-corrected chi connectivity index (χ2v) is 10.3. The van der Waals surface area contributed by atoms with Crippen molar-refractivity contribution in [2.75, 3.05) is 51.9 Å². The van der Waals surface area contributed by atoms with Crippen LogP contribution in [0, 0.1) is 5.82 Å². The summed E-state index contributed by atoms with van der Waals surface area (Å²) in [5.41, 5.74) is 1.55. The van der Waals surface area contributed by atoms with Crippen molar-refractivity contribution in [3.05, 3.63) is 84.3 Å². The van der Waals surface area contributed by atoms with Gasteiger partial charge in [0, 0.05) is 49.0 Å². The average Bonchev–Trinajstić information content (AvgIpc) is 3.05. The molecule has 1 fully saturated rings. The number of ether oxygens (including phenoxy) is 4. The predicted octanol–water partition coefficient (Wildman–Crippen LogP) is 5.09. The smallest absolute Gasteiger partial charge is 0.313 e. The van der Waals surface area contributed by atoms with Gasteiger partial charge >= 0.3 is 11.8 Å². The fraction of sp³-hybridized carbons (Fsp3) is 0.303. The first-order chi connectivity index (χ1) is 21.4. The Morgan fingerprint density at radius 1 is 0.977 bits per heavy atom. The van der Waals surface area contributed by atoms with Crippen LogP contribution in [0.1, 0.15) is 24.9 Å². The van der Waals surface area contributed by atoms with Crippen LogP contribution in [-0.2, 0) is 14.3 Å². The van der Waals surface area contributed by atoms with Crippen molar-refractivity contribution in [2.24, 2.45) is 0 Å². The standard InChI is InChI=1S/C33H35FN4O6/c1-22(23-7-4-3-5-8-23)36-32(39)33(40)37-24-9-10-29(26(34)19-24)44-28-11-12-35-27-21-31(30(41-2)20-25(27)28)43-16-6-13-38-14-17-42-18-15-38/h3-5,7-12,19-22H,6,13-18H2,1-2H3,(H,36,39)(H,37,40). The summed E-state index contributed by atoms with van der Waals surface area (Å²) in [4.78, 5) is 31.6. The largest absolute Gasteiger partial charge is 0.493 e. The lowest BCUT2D eigenvalue weighted by Gasteiger charge is -2.26. The zero-order valence-electron chi connectivity index (χ0n) is 24.7. The Morgan fingerprint density at radius 3 is 2.52 bits per heavy atom. The van der Waals surface area contributed by atoms with Crippen molar-refractivity contribution < 1.29 is 32.9 Å². The summed E-state index contributed by atoms with van der Waals surface area (Å²) < 4.78 is 38.0. The second kappa shape index (κ2) is 14.6. The molecule has 2 heterocycles. The maximum Gasteiger partial charge on any atom is 0.313 e. The molecule has 11 heteroatoms. The van der Waals surface area contributed by atoms with Crippen molar-refractivity contribution in [1.29, 1.82) is 0 Å². The van der Waals surface area contributed by atoms with Crippen LogP contribution < -0.4 is 24.8 Å². The van der Waals surface area contributed by atoms with Crippen LogP contribution in [-0.4, -0.2) is 68.3 Å². The summed E-state index contributed by atoms with van der Waals surface area (Å²) in [5.74, 6) is -1.12. The van der Waals surface area contributed by atoms with E-state index in [1.54, 1.807) is 38.4 Å². The summed E-state index contributed by atoms with van der Waals surface area (Å²) in [6.07, 6.45) is 2.42. The fourth-order valence-electron chi connectivity index (χ4n) is 4.84. The first-order valence-electron chi connectivity index (χ1n) is 14.4. The molecule has 0 radical (unpaired) electrons. The van der Waals surface area contributed by atoms with Crippen LogP contribution in [0.5, 0.6) is 23.0 Å². The van der Waals surface area contributed by atoms with E-state index in [2.05, 4.69) is 20.5 Å². The molecule has 0 spiro atoms. The molecule has 0 saturated carbocycles. The van der Waals surface area contributed by atoms with Gasteiger partial charge in [-0.15, -0.1) is 0 Å². The summed E-state index contributed by atoms with van der Waals surface area (Å²) in [7, 11) is 1.55. The van der Waals surface area contributed by atoms with Crippen molar-refractivity contribution in [3.8, 4) is 23.0 Å². The van der Waals surface area contributed by atoms with Crippen LogP contribution >= 0.6 is 0 Å². The number of hydrogen-bond acceptors (Lipinski definition) is 8. The quantitative estimate of drug-likeness (QED) is 0.180. The maximum absolute atomic E-state index is 15.1. The van der Waals surface area contributed by atoms with Crippen molar-refractivity contribution in [1.82, 2.24) is 15.2 Å². The Kier molecular flexibility index (Phi) is 10.2. The molecular formula is C33H35FN4O6. The van der Waals surface area contributed by atoms with E-state index >= 15 is 4.39 Å². The first-order valence-corrected chi connectivity index (χ1v) is 14.4. The van der Waals surface area contributed by atoms with Gasteiger partial charge in [-0.1, -0.05) is 30.3 Å². The van der Waals surface area contributed by atoms with Crippen LogP contribution in [0.4, 0.5) is 10.1 Å². The SMILES string of the molecule is COc1cc2c(Oc3ccc(NC(=O)C(=O)NC(C)c4ccccc4)cc3F)ccnc2cc1OCCCN1CCOCC1. The van der Waals surface area contributed by atoms with Crippen molar-refractivity contribution >= 4 is 28.4 Å².